The number of halogens is 1. The zero-order valence-corrected chi connectivity index (χ0v) is 7.39. The van der Waals surface area contributed by atoms with Crippen molar-refractivity contribution in [2.75, 3.05) is 0 Å². The van der Waals surface area contributed by atoms with Crippen LogP contribution in [-0.4, -0.2) is 4.98 Å². The fourth-order valence-electron chi connectivity index (χ4n) is 1.25. The number of hydrogen-bond donors (Lipinski definition) is 0. The maximum atomic E-state index is 5.80. The maximum Gasteiger partial charge on any atom is 0.130 e. The molecule has 0 saturated heterocycles. The molecule has 1 aromatic carbocycles. The van der Waals surface area contributed by atoms with Gasteiger partial charge in [-0.3, -0.25) is 0 Å². The summed E-state index contributed by atoms with van der Waals surface area (Å²) in [6, 6.07) is 10.5. The van der Waals surface area contributed by atoms with E-state index in [9.17, 15) is 0 Å². The van der Waals surface area contributed by atoms with Crippen molar-refractivity contribution >= 4 is 22.5 Å². The van der Waals surface area contributed by atoms with Gasteiger partial charge in [0.1, 0.15) is 5.15 Å². The van der Waals surface area contributed by atoms with Gasteiger partial charge in [-0.25, -0.2) is 4.98 Å². The molecule has 1 radical (unpaired) electrons. The number of pyridine rings is 1. The van der Waals surface area contributed by atoms with Gasteiger partial charge in [-0.2, -0.15) is 0 Å². The molecule has 2 rings (SSSR count). The lowest BCUT2D eigenvalue weighted by atomic mass is 10.1. The minimum absolute atomic E-state index is 0.541. The molecule has 59 valence electrons. The molecule has 0 aliphatic heterocycles. The van der Waals surface area contributed by atoms with Gasteiger partial charge < -0.3 is 0 Å². The molecule has 0 aliphatic carbocycles. The van der Waals surface area contributed by atoms with Crippen molar-refractivity contribution < 1.29 is 0 Å². The number of fused-ring (bicyclic) bond motifs is 1. The Morgan fingerprint density at radius 3 is 3.17 bits per heavy atom. The van der Waals surface area contributed by atoms with Crippen molar-refractivity contribution in [3.05, 3.63) is 41.0 Å². The highest BCUT2D eigenvalue weighted by Gasteiger charge is 1.98. The molecular formula is C10H7ClN. The number of nitrogens with zero attached hydrogens (tertiary/aromatic N) is 1. The van der Waals surface area contributed by atoms with E-state index in [1.807, 2.05) is 31.2 Å². The first-order valence-corrected chi connectivity index (χ1v) is 4.08. The Balaban J connectivity index is 2.89. The molecule has 1 nitrogen and oxygen atoms in total. The van der Waals surface area contributed by atoms with E-state index >= 15 is 0 Å². The van der Waals surface area contributed by atoms with E-state index in [0.29, 0.717) is 5.15 Å². The van der Waals surface area contributed by atoms with E-state index in [1.165, 1.54) is 0 Å². The lowest BCUT2D eigenvalue weighted by Gasteiger charge is -2.00. The lowest BCUT2D eigenvalue weighted by Crippen LogP contribution is -1.82. The van der Waals surface area contributed by atoms with Gasteiger partial charge in [0, 0.05) is 5.39 Å². The molecule has 0 saturated carbocycles. The molecule has 0 amide bonds. The van der Waals surface area contributed by atoms with Crippen LogP contribution in [-0.2, 0) is 0 Å². The monoisotopic (exact) mass is 176 g/mol. The summed E-state index contributed by atoms with van der Waals surface area (Å²) in [5.41, 5.74) is 2.06. The Labute approximate surface area is 76.0 Å². The van der Waals surface area contributed by atoms with Crippen LogP contribution in [0, 0.1) is 13.0 Å². The van der Waals surface area contributed by atoms with Crippen molar-refractivity contribution in [2.45, 2.75) is 6.92 Å². The highest BCUT2D eigenvalue weighted by molar-refractivity contribution is 6.29. The molecule has 2 heteroatoms. The average molecular weight is 177 g/mol. The molecule has 0 spiro atoms. The number of aromatic nitrogens is 1. The zero-order chi connectivity index (χ0) is 8.55. The Kier molecular flexibility index (Phi) is 1.74. The van der Waals surface area contributed by atoms with Crippen LogP contribution < -0.4 is 0 Å². The average Bonchev–Trinajstić information content (AvgIpc) is 2.04. The Hall–Kier alpha value is -1.08. The largest absolute Gasteiger partial charge is 0.236 e. The number of rotatable bonds is 0. The Bertz CT molecular complexity index is 423. The summed E-state index contributed by atoms with van der Waals surface area (Å²) in [7, 11) is 0. The second kappa shape index (κ2) is 2.76. The molecule has 2 aromatic rings. The van der Waals surface area contributed by atoms with E-state index in [4.69, 9.17) is 11.6 Å². The van der Waals surface area contributed by atoms with Gasteiger partial charge in [-0.05, 0) is 30.7 Å². The van der Waals surface area contributed by atoms with E-state index < -0.39 is 0 Å². The van der Waals surface area contributed by atoms with Crippen molar-refractivity contribution in [1.82, 2.24) is 4.98 Å². The summed E-state index contributed by atoms with van der Waals surface area (Å²) in [4.78, 5) is 4.17. The van der Waals surface area contributed by atoms with Gasteiger partial charge in [0.25, 0.3) is 0 Å². The van der Waals surface area contributed by atoms with Gasteiger partial charge in [-0.1, -0.05) is 23.7 Å². The molecule has 1 heterocycles. The second-order valence-electron chi connectivity index (χ2n) is 2.71. The van der Waals surface area contributed by atoms with Crippen LogP contribution in [0.3, 0.4) is 0 Å². The van der Waals surface area contributed by atoms with Crippen molar-refractivity contribution in [2.24, 2.45) is 0 Å². The van der Waals surface area contributed by atoms with Gasteiger partial charge in [-0.15, -0.1) is 0 Å². The van der Waals surface area contributed by atoms with Crippen LogP contribution in [0.5, 0.6) is 0 Å². The van der Waals surface area contributed by atoms with Crippen LogP contribution in [0.4, 0.5) is 0 Å². The smallest absolute Gasteiger partial charge is 0.130 e. The van der Waals surface area contributed by atoms with Gasteiger partial charge in [0.05, 0.1) is 5.52 Å². The fraction of sp³-hybridized carbons (Fsp3) is 0.100. The maximum absolute atomic E-state index is 5.80. The zero-order valence-electron chi connectivity index (χ0n) is 6.63. The number of benzene rings is 1. The third kappa shape index (κ3) is 1.16. The number of aryl methyl sites for hydroxylation is 1. The third-order valence-corrected chi connectivity index (χ3v) is 2.02. The fourth-order valence-corrected chi connectivity index (χ4v) is 1.51. The first kappa shape index (κ1) is 7.56. The lowest BCUT2D eigenvalue weighted by molar-refractivity contribution is 1.37. The predicted octanol–water partition coefficient (Wildman–Crippen LogP) is 3.00. The minimum Gasteiger partial charge on any atom is -0.236 e. The third-order valence-electron chi connectivity index (χ3n) is 1.83. The summed E-state index contributed by atoms with van der Waals surface area (Å²) in [6.07, 6.45) is 0. The summed E-state index contributed by atoms with van der Waals surface area (Å²) in [5.74, 6) is 0. The Morgan fingerprint density at radius 1 is 1.50 bits per heavy atom. The van der Waals surface area contributed by atoms with E-state index in [-0.39, 0.29) is 0 Å². The molecule has 1 aromatic heterocycles. The number of hydrogen-bond acceptors (Lipinski definition) is 1. The molecule has 0 bridgehead atoms. The topological polar surface area (TPSA) is 12.9 Å². The molecular weight excluding hydrogens is 170 g/mol. The van der Waals surface area contributed by atoms with Crippen LogP contribution in [0.1, 0.15) is 5.56 Å². The van der Waals surface area contributed by atoms with E-state index in [0.717, 1.165) is 16.5 Å². The minimum atomic E-state index is 0.541. The predicted molar refractivity (Wildman–Crippen MR) is 50.3 cm³/mol. The standard InChI is InChI=1S/C10H7ClN/c1-7-6-10(11)12-9-5-3-2-4-8(7)9/h2,4-6H,1H3. The van der Waals surface area contributed by atoms with Crippen molar-refractivity contribution in [1.29, 1.82) is 0 Å². The summed E-state index contributed by atoms with van der Waals surface area (Å²) >= 11 is 5.80. The van der Waals surface area contributed by atoms with Gasteiger partial charge in [0.15, 0.2) is 0 Å². The van der Waals surface area contributed by atoms with Crippen LogP contribution in [0.2, 0.25) is 5.15 Å². The SMILES string of the molecule is Cc1cc(Cl)nc2c[c]ccc12. The van der Waals surface area contributed by atoms with Crippen LogP contribution >= 0.6 is 11.6 Å². The molecule has 12 heavy (non-hydrogen) atoms. The summed E-state index contributed by atoms with van der Waals surface area (Å²) in [6.45, 7) is 2.02. The van der Waals surface area contributed by atoms with Crippen molar-refractivity contribution in [3.63, 3.8) is 0 Å². The molecule has 0 atom stereocenters. The summed E-state index contributed by atoms with van der Waals surface area (Å²) in [5, 5.41) is 1.68. The van der Waals surface area contributed by atoms with E-state index in [2.05, 4.69) is 11.1 Å². The molecule has 0 unspecified atom stereocenters. The normalized spacial score (nSPS) is 10.5. The first-order chi connectivity index (χ1) is 5.77. The molecule has 0 N–H and O–H groups in total. The van der Waals surface area contributed by atoms with Crippen LogP contribution in [0.25, 0.3) is 10.9 Å². The quantitative estimate of drug-likeness (QED) is 0.563. The first-order valence-electron chi connectivity index (χ1n) is 3.70. The second-order valence-corrected chi connectivity index (χ2v) is 3.09. The summed E-state index contributed by atoms with van der Waals surface area (Å²) < 4.78 is 0. The Morgan fingerprint density at radius 2 is 2.33 bits per heavy atom. The van der Waals surface area contributed by atoms with Crippen molar-refractivity contribution in [3.8, 4) is 0 Å². The molecule has 0 fully saturated rings. The van der Waals surface area contributed by atoms with E-state index in [1.54, 1.807) is 0 Å². The highest BCUT2D eigenvalue weighted by atomic mass is 35.5. The van der Waals surface area contributed by atoms with Gasteiger partial charge >= 0.3 is 0 Å². The van der Waals surface area contributed by atoms with Crippen LogP contribution in [0.15, 0.2) is 24.3 Å². The highest BCUT2D eigenvalue weighted by Crippen LogP contribution is 2.18. The van der Waals surface area contributed by atoms with Gasteiger partial charge in [0.2, 0.25) is 0 Å². The molecule has 0 aliphatic rings.